The Morgan fingerprint density at radius 2 is 2.33 bits per heavy atom. The zero-order valence-electron chi connectivity index (χ0n) is 13.9. The number of pyridine rings is 1. The van der Waals surface area contributed by atoms with Crippen molar-refractivity contribution in [2.45, 2.75) is 31.9 Å². The van der Waals surface area contributed by atoms with Crippen LogP contribution in [0.5, 0.6) is 5.75 Å². The number of hydrogen-bond acceptors (Lipinski definition) is 5. The summed E-state index contributed by atoms with van der Waals surface area (Å²) < 4.78 is 17.7. The molecule has 0 radical (unpaired) electrons. The highest BCUT2D eigenvalue weighted by Crippen LogP contribution is 2.41. The highest BCUT2D eigenvalue weighted by molar-refractivity contribution is 5.16. The molecule has 0 aromatic carbocycles. The standard InChI is InChI=1S/C19H24N2O3/c1-4-16(12-20-8-1)24-15-19-7-3-11-23-18(19)6-9-21(14-19)13-17-5-2-10-22-17/h1-2,4-5,8,10,12,18H,3,6-7,9,11,13-15H2. The van der Waals surface area contributed by atoms with Gasteiger partial charge in [-0.25, -0.2) is 0 Å². The maximum Gasteiger partial charge on any atom is 0.137 e. The van der Waals surface area contributed by atoms with E-state index >= 15 is 0 Å². The fourth-order valence-electron chi connectivity index (χ4n) is 4.01. The summed E-state index contributed by atoms with van der Waals surface area (Å²) in [5.41, 5.74) is 0.0545. The third-order valence-corrected chi connectivity index (χ3v) is 5.19. The van der Waals surface area contributed by atoms with Crippen molar-refractivity contribution in [1.82, 2.24) is 9.88 Å². The lowest BCUT2D eigenvalue weighted by Crippen LogP contribution is -2.57. The van der Waals surface area contributed by atoms with Gasteiger partial charge in [-0.05, 0) is 43.5 Å². The van der Waals surface area contributed by atoms with E-state index in [4.69, 9.17) is 13.9 Å². The van der Waals surface area contributed by atoms with Crippen LogP contribution in [0.3, 0.4) is 0 Å². The maximum atomic E-state index is 6.11. The summed E-state index contributed by atoms with van der Waals surface area (Å²) in [7, 11) is 0. The molecule has 5 nitrogen and oxygen atoms in total. The minimum Gasteiger partial charge on any atom is -0.491 e. The van der Waals surface area contributed by atoms with Crippen LogP contribution in [0.25, 0.3) is 0 Å². The average molecular weight is 328 g/mol. The van der Waals surface area contributed by atoms with Crippen LogP contribution in [-0.4, -0.2) is 42.3 Å². The molecule has 2 fully saturated rings. The van der Waals surface area contributed by atoms with Crippen molar-refractivity contribution < 1.29 is 13.9 Å². The smallest absolute Gasteiger partial charge is 0.137 e. The van der Waals surface area contributed by atoms with Crippen molar-refractivity contribution in [3.63, 3.8) is 0 Å². The number of hydrogen-bond donors (Lipinski definition) is 0. The largest absolute Gasteiger partial charge is 0.491 e. The molecule has 0 saturated carbocycles. The SMILES string of the molecule is c1cncc(OCC23CCCOC2CCN(Cc2ccco2)C3)c1. The summed E-state index contributed by atoms with van der Waals surface area (Å²) in [5.74, 6) is 1.85. The molecule has 2 aliphatic heterocycles. The van der Waals surface area contributed by atoms with Gasteiger partial charge >= 0.3 is 0 Å². The van der Waals surface area contributed by atoms with Gasteiger partial charge in [0.15, 0.2) is 0 Å². The third-order valence-electron chi connectivity index (χ3n) is 5.19. The number of nitrogens with zero attached hydrogens (tertiary/aromatic N) is 2. The van der Waals surface area contributed by atoms with Gasteiger partial charge in [-0.2, -0.15) is 0 Å². The lowest BCUT2D eigenvalue weighted by atomic mass is 9.73. The van der Waals surface area contributed by atoms with E-state index in [0.29, 0.717) is 6.61 Å². The average Bonchev–Trinajstić information content (AvgIpc) is 3.14. The Morgan fingerprint density at radius 3 is 3.17 bits per heavy atom. The number of rotatable bonds is 5. The van der Waals surface area contributed by atoms with Crippen LogP contribution < -0.4 is 4.74 Å². The second kappa shape index (κ2) is 6.95. The van der Waals surface area contributed by atoms with Crippen LogP contribution >= 0.6 is 0 Å². The number of piperidine rings is 1. The maximum absolute atomic E-state index is 6.11. The fourth-order valence-corrected chi connectivity index (χ4v) is 4.01. The Labute approximate surface area is 142 Å². The summed E-state index contributed by atoms with van der Waals surface area (Å²) in [5, 5.41) is 0. The lowest BCUT2D eigenvalue weighted by Gasteiger charge is -2.50. The lowest BCUT2D eigenvalue weighted by molar-refractivity contribution is -0.141. The van der Waals surface area contributed by atoms with E-state index in [9.17, 15) is 0 Å². The monoisotopic (exact) mass is 328 g/mol. The molecule has 2 unspecified atom stereocenters. The van der Waals surface area contributed by atoms with E-state index in [2.05, 4.69) is 9.88 Å². The Bertz CT molecular complexity index is 631. The van der Waals surface area contributed by atoms with Crippen molar-refractivity contribution in [3.8, 4) is 5.75 Å². The van der Waals surface area contributed by atoms with E-state index in [1.807, 2.05) is 24.3 Å². The zero-order chi connectivity index (χ0) is 16.2. The van der Waals surface area contributed by atoms with E-state index in [-0.39, 0.29) is 11.5 Å². The van der Waals surface area contributed by atoms with Gasteiger partial charge in [-0.15, -0.1) is 0 Å². The molecule has 0 N–H and O–H groups in total. The first kappa shape index (κ1) is 15.7. The second-order valence-corrected chi connectivity index (χ2v) is 6.88. The van der Waals surface area contributed by atoms with E-state index in [1.165, 1.54) is 0 Å². The number of fused-ring (bicyclic) bond motifs is 1. The molecule has 5 heteroatoms. The molecular formula is C19H24N2O3. The van der Waals surface area contributed by atoms with Gasteiger partial charge in [0.05, 0.1) is 31.7 Å². The predicted octanol–water partition coefficient (Wildman–Crippen LogP) is 3.12. The highest BCUT2D eigenvalue weighted by Gasteiger charge is 2.46. The van der Waals surface area contributed by atoms with Gasteiger partial charge in [0.25, 0.3) is 0 Å². The van der Waals surface area contributed by atoms with Crippen molar-refractivity contribution in [2.75, 3.05) is 26.3 Å². The molecule has 128 valence electrons. The summed E-state index contributed by atoms with van der Waals surface area (Å²) in [6, 6.07) is 7.87. The summed E-state index contributed by atoms with van der Waals surface area (Å²) in [6.45, 7) is 4.43. The van der Waals surface area contributed by atoms with Crippen LogP contribution in [0, 0.1) is 5.41 Å². The van der Waals surface area contributed by atoms with Crippen molar-refractivity contribution in [3.05, 3.63) is 48.7 Å². The minimum absolute atomic E-state index is 0.0545. The van der Waals surface area contributed by atoms with E-state index < -0.39 is 0 Å². The van der Waals surface area contributed by atoms with Crippen LogP contribution in [0.2, 0.25) is 0 Å². The number of aromatic nitrogens is 1. The summed E-state index contributed by atoms with van der Waals surface area (Å²) >= 11 is 0. The zero-order valence-corrected chi connectivity index (χ0v) is 13.9. The second-order valence-electron chi connectivity index (χ2n) is 6.88. The molecule has 4 rings (SSSR count). The van der Waals surface area contributed by atoms with Gasteiger partial charge in [0.2, 0.25) is 0 Å². The van der Waals surface area contributed by atoms with Crippen LogP contribution in [0.1, 0.15) is 25.0 Å². The molecule has 2 saturated heterocycles. The molecule has 2 atom stereocenters. The van der Waals surface area contributed by atoms with Gasteiger partial charge in [-0.1, -0.05) is 0 Å². The van der Waals surface area contributed by atoms with E-state index in [1.54, 1.807) is 18.7 Å². The first-order valence-electron chi connectivity index (χ1n) is 8.73. The van der Waals surface area contributed by atoms with Crippen LogP contribution in [0.4, 0.5) is 0 Å². The Kier molecular flexibility index (Phi) is 4.54. The summed E-state index contributed by atoms with van der Waals surface area (Å²) in [4.78, 5) is 6.60. The molecule has 0 aliphatic carbocycles. The number of likely N-dealkylation sites (tertiary alicyclic amines) is 1. The quantitative estimate of drug-likeness (QED) is 0.844. The van der Waals surface area contributed by atoms with Gasteiger partial charge in [-0.3, -0.25) is 9.88 Å². The molecule has 4 heterocycles. The fraction of sp³-hybridized carbons (Fsp3) is 0.526. The highest BCUT2D eigenvalue weighted by atomic mass is 16.5. The Hall–Kier alpha value is -1.85. The van der Waals surface area contributed by atoms with Crippen LogP contribution in [-0.2, 0) is 11.3 Å². The predicted molar refractivity (Wildman–Crippen MR) is 89.7 cm³/mol. The van der Waals surface area contributed by atoms with Crippen molar-refractivity contribution >= 4 is 0 Å². The molecule has 0 amide bonds. The molecule has 2 aliphatic rings. The molecule has 2 aromatic rings. The van der Waals surface area contributed by atoms with Gasteiger partial charge < -0.3 is 13.9 Å². The number of furan rings is 1. The Morgan fingerprint density at radius 1 is 1.33 bits per heavy atom. The van der Waals surface area contributed by atoms with E-state index in [0.717, 1.165) is 57.0 Å². The van der Waals surface area contributed by atoms with Crippen LogP contribution in [0.15, 0.2) is 47.3 Å². The Balaban J connectivity index is 1.47. The van der Waals surface area contributed by atoms with Gasteiger partial charge in [0, 0.05) is 31.3 Å². The third kappa shape index (κ3) is 3.32. The molecule has 0 spiro atoms. The molecule has 0 bridgehead atoms. The normalized spacial score (nSPS) is 27.6. The first-order valence-corrected chi connectivity index (χ1v) is 8.73. The summed E-state index contributed by atoms with van der Waals surface area (Å²) in [6.07, 6.45) is 8.87. The number of ether oxygens (including phenoxy) is 2. The minimum atomic E-state index is 0.0545. The molecule has 2 aromatic heterocycles. The van der Waals surface area contributed by atoms with Gasteiger partial charge in [0.1, 0.15) is 11.5 Å². The topological polar surface area (TPSA) is 47.7 Å². The van der Waals surface area contributed by atoms with Crippen molar-refractivity contribution in [2.24, 2.45) is 5.41 Å². The first-order chi connectivity index (χ1) is 11.8. The molecule has 24 heavy (non-hydrogen) atoms. The van der Waals surface area contributed by atoms with Crippen molar-refractivity contribution in [1.29, 1.82) is 0 Å². The molecular weight excluding hydrogens is 304 g/mol.